The van der Waals surface area contributed by atoms with E-state index in [1.54, 1.807) is 4.91 Å². The van der Waals surface area contributed by atoms with Gasteiger partial charge in [-0.1, -0.05) is 32.8 Å². The van der Waals surface area contributed by atoms with Gasteiger partial charge in [0.1, 0.15) is 0 Å². The van der Waals surface area contributed by atoms with E-state index in [0.717, 1.165) is 0 Å². The van der Waals surface area contributed by atoms with Gasteiger partial charge in [0.2, 0.25) is 0 Å². The second-order valence-electron chi connectivity index (χ2n) is 3.60. The van der Waals surface area contributed by atoms with Crippen LogP contribution in [-0.2, 0) is 0 Å². The molecule has 1 nitrogen and oxygen atoms in total. The van der Waals surface area contributed by atoms with Gasteiger partial charge >= 0.3 is 0 Å². The summed E-state index contributed by atoms with van der Waals surface area (Å²) in [5.74, 6) is 1.31. The third-order valence-electron chi connectivity index (χ3n) is 2.64. The van der Waals surface area contributed by atoms with Gasteiger partial charge in [0.25, 0.3) is 0 Å². The third-order valence-corrected chi connectivity index (χ3v) is 3.86. The molecule has 1 unspecified atom stereocenters. The van der Waals surface area contributed by atoms with E-state index in [-0.39, 0.29) is 0 Å². The topological polar surface area (TPSA) is 12.0 Å². The lowest BCUT2D eigenvalue weighted by atomic mass is 10.1. The number of nitrogens with one attached hydrogen (secondary N) is 1. The summed E-state index contributed by atoms with van der Waals surface area (Å²) >= 11 is 2.06. The number of rotatable bonds is 1. The van der Waals surface area contributed by atoms with Crippen LogP contribution in [0.4, 0.5) is 0 Å². The molecule has 2 heteroatoms. The highest BCUT2D eigenvalue weighted by atomic mass is 32.2. The highest BCUT2D eigenvalue weighted by Crippen LogP contribution is 2.30. The summed E-state index contributed by atoms with van der Waals surface area (Å²) in [6, 6.07) is 0.708. The molecule has 2 heterocycles. The van der Waals surface area contributed by atoms with Crippen LogP contribution in [-0.4, -0.2) is 18.3 Å². The number of thioether (sulfide) groups is 1. The minimum absolute atomic E-state index is 0.708. The Bertz CT molecular complexity index is 169. The van der Waals surface area contributed by atoms with E-state index in [0.29, 0.717) is 6.04 Å². The van der Waals surface area contributed by atoms with Crippen molar-refractivity contribution in [1.29, 1.82) is 0 Å². The summed E-state index contributed by atoms with van der Waals surface area (Å²) < 4.78 is 0. The number of allylic oxidation sites excluding steroid dienone is 1. The van der Waals surface area contributed by atoms with E-state index in [1.807, 2.05) is 13.8 Å². The van der Waals surface area contributed by atoms with E-state index in [2.05, 4.69) is 23.2 Å². The first-order chi connectivity index (χ1) is 6.97. The Morgan fingerprint density at radius 3 is 2.86 bits per heavy atom. The van der Waals surface area contributed by atoms with Crippen molar-refractivity contribution in [2.24, 2.45) is 0 Å². The van der Waals surface area contributed by atoms with Gasteiger partial charge in [-0.2, -0.15) is 0 Å². The van der Waals surface area contributed by atoms with Crippen LogP contribution < -0.4 is 5.32 Å². The van der Waals surface area contributed by atoms with Crippen LogP contribution in [0, 0.1) is 0 Å². The van der Waals surface area contributed by atoms with E-state index >= 15 is 0 Å². The van der Waals surface area contributed by atoms with Crippen molar-refractivity contribution >= 4 is 11.8 Å². The van der Waals surface area contributed by atoms with Crippen molar-refractivity contribution < 1.29 is 0 Å². The molecule has 0 amide bonds. The van der Waals surface area contributed by atoms with Gasteiger partial charge < -0.3 is 5.32 Å². The Morgan fingerprint density at radius 1 is 1.29 bits per heavy atom. The molecule has 2 rings (SSSR count). The normalized spacial score (nSPS) is 27.3. The zero-order valence-corrected chi connectivity index (χ0v) is 10.3. The first-order valence-electron chi connectivity index (χ1n) is 6.03. The van der Waals surface area contributed by atoms with Crippen LogP contribution in [0.25, 0.3) is 0 Å². The lowest BCUT2D eigenvalue weighted by Crippen LogP contribution is -2.28. The molecule has 0 radical (unpaired) electrons. The zero-order chi connectivity index (χ0) is 10.2. The Labute approximate surface area is 92.7 Å². The van der Waals surface area contributed by atoms with E-state index < -0.39 is 0 Å². The molecule has 2 aliphatic heterocycles. The summed E-state index contributed by atoms with van der Waals surface area (Å²) in [5, 5.41) is 3.63. The highest BCUT2D eigenvalue weighted by molar-refractivity contribution is 8.03. The fraction of sp³-hybridized carbons (Fsp3) is 0.833. The fourth-order valence-electron chi connectivity index (χ4n) is 1.95. The van der Waals surface area contributed by atoms with Crippen LogP contribution in [0.3, 0.4) is 0 Å². The molecule has 0 saturated carbocycles. The van der Waals surface area contributed by atoms with Crippen molar-refractivity contribution in [2.45, 2.75) is 52.0 Å². The third kappa shape index (κ3) is 3.66. The van der Waals surface area contributed by atoms with Crippen LogP contribution >= 0.6 is 11.8 Å². The Balaban J connectivity index is 0.000000461. The standard InChI is InChI=1S/C10H17NS.C2H6/c1-2-5-9(11-7-3-1)10-6-4-8-12-10;1-2/h6,9,11H,1-5,7-8H2;1-2H3. The maximum atomic E-state index is 3.63. The van der Waals surface area contributed by atoms with Crippen molar-refractivity contribution in [2.75, 3.05) is 12.3 Å². The molecular formula is C12H23NS. The van der Waals surface area contributed by atoms with Crippen LogP contribution in [0.5, 0.6) is 0 Å². The minimum atomic E-state index is 0.708. The first-order valence-corrected chi connectivity index (χ1v) is 7.01. The molecule has 1 atom stereocenters. The van der Waals surface area contributed by atoms with Crippen LogP contribution in [0.15, 0.2) is 11.0 Å². The van der Waals surface area contributed by atoms with Crippen LogP contribution in [0.1, 0.15) is 46.0 Å². The van der Waals surface area contributed by atoms with Gasteiger partial charge in [-0.15, -0.1) is 11.8 Å². The molecule has 1 saturated heterocycles. The number of hydrogen-bond acceptors (Lipinski definition) is 2. The molecule has 82 valence electrons. The summed E-state index contributed by atoms with van der Waals surface area (Å²) in [6.45, 7) is 5.22. The lowest BCUT2D eigenvalue weighted by molar-refractivity contribution is 0.591. The Morgan fingerprint density at radius 2 is 2.14 bits per heavy atom. The van der Waals surface area contributed by atoms with Crippen molar-refractivity contribution in [3.05, 3.63) is 11.0 Å². The molecule has 0 aromatic carbocycles. The average molecular weight is 213 g/mol. The molecule has 2 aliphatic rings. The molecule has 0 aliphatic carbocycles. The predicted octanol–water partition coefficient (Wildman–Crippen LogP) is 3.57. The molecule has 14 heavy (non-hydrogen) atoms. The summed E-state index contributed by atoms with van der Waals surface area (Å²) in [7, 11) is 0. The maximum Gasteiger partial charge on any atom is 0.0376 e. The van der Waals surface area contributed by atoms with Crippen molar-refractivity contribution in [3.63, 3.8) is 0 Å². The fourth-order valence-corrected chi connectivity index (χ4v) is 3.06. The van der Waals surface area contributed by atoms with Gasteiger partial charge in [0.05, 0.1) is 0 Å². The molecule has 0 aromatic heterocycles. The molecule has 1 fully saturated rings. The smallest absolute Gasteiger partial charge is 0.0376 e. The summed E-state index contributed by atoms with van der Waals surface area (Å²) in [6.07, 6.45) is 9.27. The number of hydrogen-bond donors (Lipinski definition) is 1. The maximum absolute atomic E-state index is 3.63. The van der Waals surface area contributed by atoms with Gasteiger partial charge in [-0.3, -0.25) is 0 Å². The summed E-state index contributed by atoms with van der Waals surface area (Å²) in [4.78, 5) is 1.62. The predicted molar refractivity (Wildman–Crippen MR) is 66.8 cm³/mol. The SMILES string of the molecule is C1=C(C2CCCCCN2)SCC1.CC. The molecule has 0 aromatic rings. The molecule has 0 bridgehead atoms. The second kappa shape index (κ2) is 7.36. The van der Waals surface area contributed by atoms with E-state index in [9.17, 15) is 0 Å². The molecule has 1 N–H and O–H groups in total. The highest BCUT2D eigenvalue weighted by Gasteiger charge is 2.18. The Kier molecular flexibility index (Phi) is 6.37. The van der Waals surface area contributed by atoms with E-state index in [1.165, 1.54) is 44.4 Å². The average Bonchev–Trinajstić information content (AvgIpc) is 2.64. The van der Waals surface area contributed by atoms with Gasteiger partial charge in [-0.25, -0.2) is 0 Å². The van der Waals surface area contributed by atoms with Gasteiger partial charge in [-0.05, 0) is 30.7 Å². The first kappa shape index (κ1) is 12.1. The molecule has 0 spiro atoms. The largest absolute Gasteiger partial charge is 0.309 e. The van der Waals surface area contributed by atoms with Gasteiger partial charge in [0.15, 0.2) is 0 Å². The van der Waals surface area contributed by atoms with Crippen molar-refractivity contribution in [3.8, 4) is 0 Å². The molecular weight excluding hydrogens is 190 g/mol. The van der Waals surface area contributed by atoms with Gasteiger partial charge in [0, 0.05) is 11.8 Å². The quantitative estimate of drug-likeness (QED) is 0.714. The van der Waals surface area contributed by atoms with Crippen molar-refractivity contribution in [1.82, 2.24) is 5.32 Å². The minimum Gasteiger partial charge on any atom is -0.309 e. The van der Waals surface area contributed by atoms with E-state index in [4.69, 9.17) is 0 Å². The second-order valence-corrected chi connectivity index (χ2v) is 4.77. The van der Waals surface area contributed by atoms with Crippen LogP contribution in [0.2, 0.25) is 0 Å². The lowest BCUT2D eigenvalue weighted by Gasteiger charge is -2.16. The zero-order valence-electron chi connectivity index (χ0n) is 9.51. The summed E-state index contributed by atoms with van der Waals surface area (Å²) in [5.41, 5.74) is 0. The Hall–Kier alpha value is 0.0500. The monoisotopic (exact) mass is 213 g/mol.